The van der Waals surface area contributed by atoms with Crippen LogP contribution in [-0.4, -0.2) is 34.8 Å². The van der Waals surface area contributed by atoms with Crippen molar-refractivity contribution >= 4 is 15.8 Å². The fourth-order valence-electron chi connectivity index (χ4n) is 4.02. The van der Waals surface area contributed by atoms with Crippen molar-refractivity contribution < 1.29 is 12.9 Å². The lowest BCUT2D eigenvalue weighted by Crippen LogP contribution is -2.36. The number of aromatic nitrogens is 4. The maximum Gasteiger partial charge on any atom is 0.257 e. The van der Waals surface area contributed by atoms with Gasteiger partial charge in [0.2, 0.25) is 5.95 Å². The van der Waals surface area contributed by atoms with Gasteiger partial charge in [0.25, 0.3) is 5.89 Å². The van der Waals surface area contributed by atoms with Crippen LogP contribution in [0.2, 0.25) is 0 Å². The number of anilines is 1. The highest BCUT2D eigenvalue weighted by Gasteiger charge is 2.44. The predicted molar refractivity (Wildman–Crippen MR) is 119 cm³/mol. The van der Waals surface area contributed by atoms with E-state index in [2.05, 4.69) is 32.2 Å². The van der Waals surface area contributed by atoms with Gasteiger partial charge in [-0.05, 0) is 48.2 Å². The number of hydrogen-bond acceptors (Lipinski definition) is 8. The van der Waals surface area contributed by atoms with Crippen LogP contribution in [0, 0.1) is 0 Å². The first-order valence-electron chi connectivity index (χ1n) is 10.2. The minimum Gasteiger partial charge on any atom is -0.368 e. The molecule has 0 spiro atoms. The van der Waals surface area contributed by atoms with Crippen LogP contribution < -0.4 is 5.73 Å². The van der Waals surface area contributed by atoms with E-state index < -0.39 is 9.84 Å². The van der Waals surface area contributed by atoms with E-state index >= 15 is 0 Å². The molecule has 8 nitrogen and oxygen atoms in total. The Morgan fingerprint density at radius 1 is 0.906 bits per heavy atom. The van der Waals surface area contributed by atoms with Crippen molar-refractivity contribution in [2.24, 2.45) is 0 Å². The summed E-state index contributed by atoms with van der Waals surface area (Å²) in [6.45, 7) is 0. The van der Waals surface area contributed by atoms with E-state index in [-0.39, 0.29) is 16.3 Å². The number of nitrogens with two attached hydrogens (primary N) is 1. The third-order valence-corrected chi connectivity index (χ3v) is 7.16. The zero-order valence-electron chi connectivity index (χ0n) is 17.4. The molecule has 5 rings (SSSR count). The molecule has 0 aliphatic heterocycles. The molecule has 2 aromatic heterocycles. The number of rotatable bonds is 5. The molecular weight excluding hydrogens is 426 g/mol. The van der Waals surface area contributed by atoms with Crippen molar-refractivity contribution in [3.05, 3.63) is 72.3 Å². The summed E-state index contributed by atoms with van der Waals surface area (Å²) in [5.41, 5.74) is 9.00. The van der Waals surface area contributed by atoms with Crippen molar-refractivity contribution in [1.82, 2.24) is 20.1 Å². The highest BCUT2D eigenvalue weighted by atomic mass is 32.2. The maximum atomic E-state index is 11.7. The lowest BCUT2D eigenvalue weighted by atomic mass is 9.64. The highest BCUT2D eigenvalue weighted by Crippen LogP contribution is 2.48. The summed E-state index contributed by atoms with van der Waals surface area (Å²) in [6.07, 6.45) is 7.54. The number of hydrogen-bond donors (Lipinski definition) is 1. The molecule has 0 amide bonds. The molecule has 32 heavy (non-hydrogen) atoms. The minimum absolute atomic E-state index is 0.248. The van der Waals surface area contributed by atoms with Gasteiger partial charge in [-0.3, -0.25) is 0 Å². The summed E-state index contributed by atoms with van der Waals surface area (Å²) in [7, 11) is -3.26. The average molecular weight is 448 g/mol. The van der Waals surface area contributed by atoms with Gasteiger partial charge in [0.05, 0.1) is 10.3 Å². The van der Waals surface area contributed by atoms with Crippen molar-refractivity contribution in [3.63, 3.8) is 0 Å². The quantitative estimate of drug-likeness (QED) is 0.491. The first kappa shape index (κ1) is 20.3. The Kier molecular flexibility index (Phi) is 4.78. The third kappa shape index (κ3) is 3.54. The van der Waals surface area contributed by atoms with E-state index in [1.54, 1.807) is 36.7 Å². The lowest BCUT2D eigenvalue weighted by molar-refractivity contribution is 0.273. The van der Waals surface area contributed by atoms with Crippen molar-refractivity contribution in [2.45, 2.75) is 29.6 Å². The molecule has 9 heteroatoms. The molecule has 0 unspecified atom stereocenters. The van der Waals surface area contributed by atoms with Gasteiger partial charge in [-0.15, -0.1) is 0 Å². The third-order valence-electron chi connectivity index (χ3n) is 6.03. The van der Waals surface area contributed by atoms with E-state index in [9.17, 15) is 8.42 Å². The zero-order chi connectivity index (χ0) is 22.3. The molecule has 0 bridgehead atoms. The number of nitrogens with zero attached hydrogens (tertiary/aromatic N) is 4. The molecule has 2 aromatic carbocycles. The zero-order valence-corrected chi connectivity index (χ0v) is 18.2. The van der Waals surface area contributed by atoms with Gasteiger partial charge >= 0.3 is 0 Å². The molecular formula is C23H21N5O3S. The summed E-state index contributed by atoms with van der Waals surface area (Å²) in [6, 6.07) is 14.7. The predicted octanol–water partition coefficient (Wildman–Crippen LogP) is 3.65. The first-order chi connectivity index (χ1) is 15.3. The fraction of sp³-hybridized carbons (Fsp3) is 0.217. The van der Waals surface area contributed by atoms with Crippen LogP contribution in [0.25, 0.3) is 22.6 Å². The summed E-state index contributed by atoms with van der Waals surface area (Å²) in [5.74, 6) is 1.27. The largest absolute Gasteiger partial charge is 0.368 e. The van der Waals surface area contributed by atoms with Gasteiger partial charge in [0.1, 0.15) is 0 Å². The van der Waals surface area contributed by atoms with Gasteiger partial charge in [-0.25, -0.2) is 18.4 Å². The average Bonchev–Trinajstić information content (AvgIpc) is 3.24. The smallest absolute Gasteiger partial charge is 0.257 e. The molecule has 162 valence electrons. The SMILES string of the molecule is CS(=O)(=O)c1ccc(-c2nc(C3(c4ccc(-c5cnc(N)nc5)cc4)CCC3)no2)cc1. The van der Waals surface area contributed by atoms with Crippen LogP contribution in [0.5, 0.6) is 0 Å². The van der Waals surface area contributed by atoms with Crippen molar-refractivity contribution in [2.75, 3.05) is 12.0 Å². The molecule has 0 radical (unpaired) electrons. The van der Waals surface area contributed by atoms with Crippen LogP contribution >= 0.6 is 0 Å². The Balaban J connectivity index is 1.44. The van der Waals surface area contributed by atoms with Crippen LogP contribution in [0.4, 0.5) is 5.95 Å². The minimum atomic E-state index is -3.26. The first-order valence-corrected chi connectivity index (χ1v) is 12.1. The molecule has 0 atom stereocenters. The van der Waals surface area contributed by atoms with Crippen LogP contribution in [0.15, 0.2) is 70.3 Å². The summed E-state index contributed by atoms with van der Waals surface area (Å²) >= 11 is 0. The van der Waals surface area contributed by atoms with Crippen LogP contribution in [-0.2, 0) is 15.3 Å². The topological polar surface area (TPSA) is 125 Å². The van der Waals surface area contributed by atoms with Gasteiger partial charge in [0, 0.05) is 29.8 Å². The Hall–Kier alpha value is -3.59. The Bertz CT molecular complexity index is 1360. The molecule has 0 saturated heterocycles. The van der Waals surface area contributed by atoms with Gasteiger partial charge in [-0.2, -0.15) is 4.98 Å². The van der Waals surface area contributed by atoms with E-state index in [0.717, 1.165) is 36.0 Å². The summed E-state index contributed by atoms with van der Waals surface area (Å²) in [4.78, 5) is 13.0. The fourth-order valence-corrected chi connectivity index (χ4v) is 4.65. The van der Waals surface area contributed by atoms with E-state index in [1.165, 1.54) is 6.26 Å². The van der Waals surface area contributed by atoms with Gasteiger partial charge in [0.15, 0.2) is 15.7 Å². The number of nitrogen functional groups attached to an aromatic ring is 1. The molecule has 1 aliphatic carbocycles. The van der Waals surface area contributed by atoms with E-state index in [4.69, 9.17) is 10.3 Å². The van der Waals surface area contributed by atoms with Gasteiger partial charge < -0.3 is 10.3 Å². The standard InChI is InChI=1S/C23H21N5O3S/c1-32(29,30)19-9-5-16(6-10-19)20-27-21(28-31-20)23(11-2-12-23)18-7-3-15(4-8-18)17-13-25-22(24)26-14-17/h3-10,13-14H,2,11-12H2,1H3,(H2,24,25,26). The maximum absolute atomic E-state index is 11.7. The number of benzene rings is 2. The molecule has 4 aromatic rings. The lowest BCUT2D eigenvalue weighted by Gasteiger charge is -2.39. The van der Waals surface area contributed by atoms with E-state index in [1.807, 2.05) is 12.1 Å². The highest BCUT2D eigenvalue weighted by molar-refractivity contribution is 7.90. The normalized spacial score (nSPS) is 15.3. The summed E-state index contributed by atoms with van der Waals surface area (Å²) < 4.78 is 28.9. The molecule has 2 N–H and O–H groups in total. The summed E-state index contributed by atoms with van der Waals surface area (Å²) in [5, 5.41) is 4.29. The van der Waals surface area contributed by atoms with Crippen LogP contribution in [0.1, 0.15) is 30.7 Å². The Morgan fingerprint density at radius 2 is 1.53 bits per heavy atom. The second kappa shape index (κ2) is 7.52. The molecule has 1 fully saturated rings. The van der Waals surface area contributed by atoms with Gasteiger partial charge in [-0.1, -0.05) is 35.8 Å². The Morgan fingerprint density at radius 3 is 2.09 bits per heavy atom. The second-order valence-corrected chi connectivity index (χ2v) is 10.1. The van der Waals surface area contributed by atoms with Crippen molar-refractivity contribution in [1.29, 1.82) is 0 Å². The molecule has 1 saturated carbocycles. The molecule has 1 aliphatic rings. The number of sulfone groups is 1. The Labute approximate surface area is 185 Å². The second-order valence-electron chi connectivity index (χ2n) is 8.06. The van der Waals surface area contributed by atoms with Crippen LogP contribution in [0.3, 0.4) is 0 Å². The molecule has 2 heterocycles. The van der Waals surface area contributed by atoms with E-state index in [0.29, 0.717) is 17.3 Å². The monoisotopic (exact) mass is 447 g/mol. The van der Waals surface area contributed by atoms with Crippen molar-refractivity contribution in [3.8, 4) is 22.6 Å².